The van der Waals surface area contributed by atoms with Crippen LogP contribution in [0.25, 0.3) is 0 Å². The van der Waals surface area contributed by atoms with Crippen LogP contribution in [0.3, 0.4) is 0 Å². The molecule has 2 atom stereocenters. The van der Waals surface area contributed by atoms with Gasteiger partial charge in [0.25, 0.3) is 0 Å². The Labute approximate surface area is 143 Å². The number of ether oxygens (including phenoxy) is 1. The minimum atomic E-state index is 0.421. The number of anilines is 1. The maximum absolute atomic E-state index is 5.31. The Morgan fingerprint density at radius 2 is 1.21 bits per heavy atom. The van der Waals surface area contributed by atoms with Crippen LogP contribution in [0.2, 0.25) is 0 Å². The molecule has 1 aliphatic rings. The summed E-state index contributed by atoms with van der Waals surface area (Å²) < 4.78 is 5.31. The Bertz CT molecular complexity index is 738. The third-order valence-electron chi connectivity index (χ3n) is 4.86. The van der Waals surface area contributed by atoms with E-state index < -0.39 is 0 Å². The van der Waals surface area contributed by atoms with Crippen molar-refractivity contribution in [2.75, 3.05) is 12.0 Å². The van der Waals surface area contributed by atoms with Crippen molar-refractivity contribution in [3.8, 4) is 5.75 Å². The molecule has 0 aromatic heterocycles. The molecule has 0 bridgehead atoms. The second kappa shape index (κ2) is 6.40. The number of rotatable bonds is 4. The lowest BCUT2D eigenvalue weighted by Crippen LogP contribution is -2.44. The highest BCUT2D eigenvalue weighted by molar-refractivity contribution is 5.56. The minimum absolute atomic E-state index is 0.421. The Hall–Kier alpha value is -2.74. The second-order valence-electron chi connectivity index (χ2n) is 6.19. The van der Waals surface area contributed by atoms with Gasteiger partial charge in [-0.05, 0) is 41.8 Å². The second-order valence-corrected chi connectivity index (χ2v) is 6.19. The van der Waals surface area contributed by atoms with Crippen LogP contribution in [0.1, 0.15) is 29.6 Å². The topological polar surface area (TPSA) is 12.5 Å². The van der Waals surface area contributed by atoms with E-state index in [0.29, 0.717) is 12.1 Å². The van der Waals surface area contributed by atoms with Crippen molar-refractivity contribution in [1.82, 2.24) is 0 Å². The smallest absolute Gasteiger partial charge is 0.119 e. The number of hydrogen-bond donors (Lipinski definition) is 0. The summed E-state index contributed by atoms with van der Waals surface area (Å²) in [6, 6.07) is 30.8. The monoisotopic (exact) mass is 315 g/mol. The van der Waals surface area contributed by atoms with Gasteiger partial charge in [-0.25, -0.2) is 0 Å². The first kappa shape index (κ1) is 14.8. The zero-order valence-electron chi connectivity index (χ0n) is 13.8. The fourth-order valence-electron chi connectivity index (χ4n) is 3.58. The predicted molar refractivity (Wildman–Crippen MR) is 98.5 cm³/mol. The first-order valence-corrected chi connectivity index (χ1v) is 8.39. The third kappa shape index (κ3) is 2.65. The lowest BCUT2D eigenvalue weighted by molar-refractivity contribution is 0.352. The van der Waals surface area contributed by atoms with Crippen molar-refractivity contribution in [1.29, 1.82) is 0 Å². The summed E-state index contributed by atoms with van der Waals surface area (Å²) in [4.78, 5) is 2.52. The van der Waals surface area contributed by atoms with Crippen LogP contribution in [0, 0.1) is 0 Å². The summed E-state index contributed by atoms with van der Waals surface area (Å²) in [7, 11) is 1.71. The fourth-order valence-corrected chi connectivity index (χ4v) is 3.58. The van der Waals surface area contributed by atoms with Gasteiger partial charge in [-0.3, -0.25) is 0 Å². The molecule has 1 fully saturated rings. The summed E-state index contributed by atoms with van der Waals surface area (Å²) >= 11 is 0. The van der Waals surface area contributed by atoms with E-state index in [0.717, 1.165) is 12.2 Å². The molecule has 0 spiro atoms. The fraction of sp³-hybridized carbons (Fsp3) is 0.182. The maximum atomic E-state index is 5.31. The molecule has 24 heavy (non-hydrogen) atoms. The van der Waals surface area contributed by atoms with Crippen molar-refractivity contribution in [3.63, 3.8) is 0 Å². The van der Waals surface area contributed by atoms with E-state index in [1.54, 1.807) is 7.11 Å². The number of nitrogens with zero attached hydrogens (tertiary/aromatic N) is 1. The third-order valence-corrected chi connectivity index (χ3v) is 4.86. The van der Waals surface area contributed by atoms with Crippen LogP contribution in [0.15, 0.2) is 84.9 Å². The van der Waals surface area contributed by atoms with E-state index in [-0.39, 0.29) is 0 Å². The highest BCUT2D eigenvalue weighted by Crippen LogP contribution is 2.50. The molecule has 0 amide bonds. The van der Waals surface area contributed by atoms with Gasteiger partial charge in [0.2, 0.25) is 0 Å². The Kier molecular flexibility index (Phi) is 3.96. The zero-order valence-corrected chi connectivity index (χ0v) is 13.8. The number of hydrogen-bond acceptors (Lipinski definition) is 2. The van der Waals surface area contributed by atoms with Crippen molar-refractivity contribution in [3.05, 3.63) is 96.1 Å². The molecule has 4 rings (SSSR count). The van der Waals surface area contributed by atoms with E-state index in [9.17, 15) is 0 Å². The van der Waals surface area contributed by atoms with Gasteiger partial charge in [-0.15, -0.1) is 0 Å². The van der Waals surface area contributed by atoms with Gasteiger partial charge in [-0.1, -0.05) is 60.7 Å². The Morgan fingerprint density at radius 3 is 1.67 bits per heavy atom. The number of benzene rings is 3. The van der Waals surface area contributed by atoms with Gasteiger partial charge in [-0.2, -0.15) is 0 Å². The molecule has 3 aromatic rings. The van der Waals surface area contributed by atoms with Gasteiger partial charge >= 0.3 is 0 Å². The summed E-state index contributed by atoms with van der Waals surface area (Å²) in [6.45, 7) is 0. The Morgan fingerprint density at radius 1 is 0.708 bits per heavy atom. The maximum Gasteiger partial charge on any atom is 0.119 e. The molecule has 3 aromatic carbocycles. The van der Waals surface area contributed by atoms with E-state index in [2.05, 4.69) is 77.7 Å². The van der Waals surface area contributed by atoms with E-state index in [4.69, 9.17) is 4.74 Å². The normalized spacial score (nSPS) is 19.6. The van der Waals surface area contributed by atoms with Gasteiger partial charge in [0.05, 0.1) is 19.2 Å². The molecule has 120 valence electrons. The van der Waals surface area contributed by atoms with Crippen LogP contribution < -0.4 is 9.64 Å². The molecule has 2 nitrogen and oxygen atoms in total. The van der Waals surface area contributed by atoms with Gasteiger partial charge in [0, 0.05) is 5.69 Å². The molecule has 0 unspecified atom stereocenters. The molecule has 0 saturated carbocycles. The molecular weight excluding hydrogens is 294 g/mol. The quantitative estimate of drug-likeness (QED) is 0.640. The van der Waals surface area contributed by atoms with Crippen molar-refractivity contribution < 1.29 is 4.74 Å². The van der Waals surface area contributed by atoms with Crippen LogP contribution in [0.5, 0.6) is 5.75 Å². The first-order valence-electron chi connectivity index (χ1n) is 8.39. The van der Waals surface area contributed by atoms with E-state index in [1.807, 2.05) is 12.1 Å². The molecule has 2 heteroatoms. The summed E-state index contributed by atoms with van der Waals surface area (Å²) in [5.74, 6) is 0.895. The first-order chi connectivity index (χ1) is 11.9. The summed E-state index contributed by atoms with van der Waals surface area (Å²) in [5, 5.41) is 0. The molecule has 1 aliphatic heterocycles. The van der Waals surface area contributed by atoms with E-state index >= 15 is 0 Å². The predicted octanol–water partition coefficient (Wildman–Crippen LogP) is 5.39. The van der Waals surface area contributed by atoms with E-state index in [1.165, 1.54) is 16.8 Å². The van der Waals surface area contributed by atoms with Gasteiger partial charge in [0.1, 0.15) is 5.75 Å². The van der Waals surface area contributed by atoms with Crippen LogP contribution in [-0.2, 0) is 0 Å². The largest absolute Gasteiger partial charge is 0.497 e. The summed E-state index contributed by atoms with van der Waals surface area (Å²) in [5.41, 5.74) is 3.99. The SMILES string of the molecule is COc1ccc(N2[C@@H](c3ccccc3)C[C@H]2c2ccccc2)cc1. The van der Waals surface area contributed by atoms with Crippen molar-refractivity contribution >= 4 is 5.69 Å². The average Bonchev–Trinajstić information content (AvgIpc) is 2.63. The number of methoxy groups -OCH3 is 1. The van der Waals surface area contributed by atoms with Gasteiger partial charge in [0.15, 0.2) is 0 Å². The van der Waals surface area contributed by atoms with Crippen molar-refractivity contribution in [2.24, 2.45) is 0 Å². The lowest BCUT2D eigenvalue weighted by Gasteiger charge is -2.51. The molecular formula is C22H21NO. The standard InChI is InChI=1S/C22H21NO/c1-24-20-14-12-19(13-15-20)23-21(17-8-4-2-5-9-17)16-22(23)18-10-6-3-7-11-18/h2-15,21-22H,16H2,1H3/t21-,22+. The highest BCUT2D eigenvalue weighted by Gasteiger charge is 2.40. The molecule has 1 saturated heterocycles. The summed E-state index contributed by atoms with van der Waals surface area (Å²) in [6.07, 6.45) is 1.14. The molecule has 1 heterocycles. The van der Waals surface area contributed by atoms with Crippen LogP contribution >= 0.6 is 0 Å². The lowest BCUT2D eigenvalue weighted by atomic mass is 9.83. The van der Waals surface area contributed by atoms with Crippen molar-refractivity contribution in [2.45, 2.75) is 18.5 Å². The zero-order chi connectivity index (χ0) is 16.4. The highest BCUT2D eigenvalue weighted by atomic mass is 16.5. The molecule has 0 aliphatic carbocycles. The Balaban J connectivity index is 1.69. The minimum Gasteiger partial charge on any atom is -0.497 e. The van der Waals surface area contributed by atoms with Crippen LogP contribution in [-0.4, -0.2) is 7.11 Å². The molecule has 0 radical (unpaired) electrons. The average molecular weight is 315 g/mol. The van der Waals surface area contributed by atoms with Crippen LogP contribution in [0.4, 0.5) is 5.69 Å². The molecule has 0 N–H and O–H groups in total. The van der Waals surface area contributed by atoms with Gasteiger partial charge < -0.3 is 9.64 Å².